The first-order chi connectivity index (χ1) is 10.5. The molecule has 3 aromatic rings. The van der Waals surface area contributed by atoms with Crippen molar-refractivity contribution in [3.63, 3.8) is 0 Å². The van der Waals surface area contributed by atoms with Crippen LogP contribution in [0.4, 0.5) is 5.69 Å². The minimum absolute atomic E-state index is 0.0612. The van der Waals surface area contributed by atoms with Gasteiger partial charge in [0.05, 0.1) is 11.3 Å². The molecule has 2 aromatic carbocycles. The summed E-state index contributed by atoms with van der Waals surface area (Å²) >= 11 is 0. The van der Waals surface area contributed by atoms with Crippen LogP contribution in [0.5, 0.6) is 0 Å². The molecule has 0 bridgehead atoms. The quantitative estimate of drug-likeness (QED) is 0.802. The molecule has 0 aliphatic rings. The lowest BCUT2D eigenvalue weighted by Crippen LogP contribution is -2.14. The van der Waals surface area contributed by atoms with Gasteiger partial charge in [0.15, 0.2) is 11.5 Å². The smallest absolute Gasteiger partial charge is 0.263 e. The summed E-state index contributed by atoms with van der Waals surface area (Å²) in [5.74, 6) is 0.504. The third kappa shape index (κ3) is 2.52. The summed E-state index contributed by atoms with van der Waals surface area (Å²) in [6.07, 6.45) is 0. The summed E-state index contributed by atoms with van der Waals surface area (Å²) in [5, 5.41) is 9.03. The summed E-state index contributed by atoms with van der Waals surface area (Å²) in [7, 11) is -3.85. The van der Waals surface area contributed by atoms with Gasteiger partial charge in [0.1, 0.15) is 16.5 Å². The van der Waals surface area contributed by atoms with Crippen molar-refractivity contribution in [3.05, 3.63) is 53.9 Å². The van der Waals surface area contributed by atoms with Gasteiger partial charge in [-0.15, -0.1) is 0 Å². The van der Waals surface area contributed by atoms with E-state index in [2.05, 4.69) is 9.71 Å². The van der Waals surface area contributed by atoms with Gasteiger partial charge in [-0.05, 0) is 30.3 Å². The monoisotopic (exact) mass is 313 g/mol. The highest BCUT2D eigenvalue weighted by Crippen LogP contribution is 2.23. The Bertz CT molecular complexity index is 1000. The number of anilines is 1. The standard InChI is InChI=1S/C15H11N3O3S/c1-10-17-13-8-12(6-7-14(13)21-10)18-22(19,20)15-5-3-2-4-11(15)9-16/h2-8,18H,1H3. The largest absolute Gasteiger partial charge is 0.441 e. The van der Waals surface area contributed by atoms with E-state index in [9.17, 15) is 8.42 Å². The SMILES string of the molecule is Cc1nc2cc(NS(=O)(=O)c3ccccc3C#N)ccc2o1. The van der Waals surface area contributed by atoms with E-state index < -0.39 is 10.0 Å². The number of nitrogens with zero attached hydrogens (tertiary/aromatic N) is 2. The Hall–Kier alpha value is -2.85. The molecule has 22 heavy (non-hydrogen) atoms. The van der Waals surface area contributed by atoms with E-state index in [1.165, 1.54) is 12.1 Å². The van der Waals surface area contributed by atoms with E-state index in [4.69, 9.17) is 9.68 Å². The second-order valence-electron chi connectivity index (χ2n) is 4.63. The zero-order valence-corrected chi connectivity index (χ0v) is 12.4. The number of benzene rings is 2. The van der Waals surface area contributed by atoms with Gasteiger partial charge in [0.25, 0.3) is 10.0 Å². The zero-order valence-electron chi connectivity index (χ0n) is 11.6. The maximum absolute atomic E-state index is 12.4. The number of oxazole rings is 1. The molecule has 1 aromatic heterocycles. The lowest BCUT2D eigenvalue weighted by Gasteiger charge is -2.09. The highest BCUT2D eigenvalue weighted by Gasteiger charge is 2.18. The fourth-order valence-electron chi connectivity index (χ4n) is 2.11. The summed E-state index contributed by atoms with van der Waals surface area (Å²) < 4.78 is 32.6. The molecule has 3 rings (SSSR count). The van der Waals surface area contributed by atoms with Crippen LogP contribution in [-0.2, 0) is 10.0 Å². The topological polar surface area (TPSA) is 96.0 Å². The maximum atomic E-state index is 12.4. The molecule has 0 radical (unpaired) electrons. The second-order valence-corrected chi connectivity index (χ2v) is 6.28. The van der Waals surface area contributed by atoms with Gasteiger partial charge in [-0.1, -0.05) is 12.1 Å². The fraction of sp³-hybridized carbons (Fsp3) is 0.0667. The molecule has 0 amide bonds. The van der Waals surface area contributed by atoms with Crippen LogP contribution in [0.1, 0.15) is 11.5 Å². The lowest BCUT2D eigenvalue weighted by molar-refractivity contribution is 0.561. The Labute approximate surface area is 127 Å². The molecular formula is C15H11N3O3S. The minimum atomic E-state index is -3.85. The Morgan fingerprint density at radius 2 is 2.00 bits per heavy atom. The minimum Gasteiger partial charge on any atom is -0.441 e. The van der Waals surface area contributed by atoms with Crippen molar-refractivity contribution in [3.8, 4) is 6.07 Å². The molecule has 0 unspecified atom stereocenters. The van der Waals surface area contributed by atoms with E-state index in [0.29, 0.717) is 22.7 Å². The Balaban J connectivity index is 2.01. The molecule has 1 N–H and O–H groups in total. The van der Waals surface area contributed by atoms with E-state index in [0.717, 1.165) is 0 Å². The molecule has 7 heteroatoms. The van der Waals surface area contributed by atoms with Crippen LogP contribution in [-0.4, -0.2) is 13.4 Å². The zero-order chi connectivity index (χ0) is 15.7. The van der Waals surface area contributed by atoms with Gasteiger partial charge in [0, 0.05) is 6.92 Å². The Morgan fingerprint density at radius 3 is 2.77 bits per heavy atom. The molecule has 0 saturated carbocycles. The number of nitriles is 1. The Morgan fingerprint density at radius 1 is 1.23 bits per heavy atom. The number of aromatic nitrogens is 1. The molecule has 6 nitrogen and oxygen atoms in total. The lowest BCUT2D eigenvalue weighted by atomic mass is 10.2. The second kappa shape index (κ2) is 5.16. The first-order valence-electron chi connectivity index (χ1n) is 6.39. The first kappa shape index (κ1) is 14.1. The van der Waals surface area contributed by atoms with Crippen molar-refractivity contribution < 1.29 is 12.8 Å². The van der Waals surface area contributed by atoms with Crippen molar-refractivity contribution in [2.45, 2.75) is 11.8 Å². The average molecular weight is 313 g/mol. The predicted molar refractivity (Wildman–Crippen MR) is 80.7 cm³/mol. The van der Waals surface area contributed by atoms with E-state index in [1.807, 2.05) is 6.07 Å². The van der Waals surface area contributed by atoms with Crippen molar-refractivity contribution in [1.82, 2.24) is 4.98 Å². The summed E-state index contributed by atoms with van der Waals surface area (Å²) in [5.41, 5.74) is 1.59. The van der Waals surface area contributed by atoms with Gasteiger partial charge < -0.3 is 4.42 Å². The molecular weight excluding hydrogens is 302 g/mol. The van der Waals surface area contributed by atoms with E-state index in [-0.39, 0.29) is 10.5 Å². The van der Waals surface area contributed by atoms with Crippen LogP contribution < -0.4 is 4.72 Å². The third-order valence-corrected chi connectivity index (χ3v) is 4.48. The molecule has 0 fully saturated rings. The first-order valence-corrected chi connectivity index (χ1v) is 7.87. The van der Waals surface area contributed by atoms with Crippen molar-refractivity contribution in [2.75, 3.05) is 4.72 Å². The number of fused-ring (bicyclic) bond motifs is 1. The molecule has 0 aliphatic carbocycles. The summed E-state index contributed by atoms with van der Waals surface area (Å²) in [4.78, 5) is 4.10. The van der Waals surface area contributed by atoms with Gasteiger partial charge in [-0.3, -0.25) is 4.72 Å². The van der Waals surface area contributed by atoms with Gasteiger partial charge >= 0.3 is 0 Å². The van der Waals surface area contributed by atoms with Gasteiger partial charge in [-0.2, -0.15) is 5.26 Å². The molecule has 1 heterocycles. The molecule has 0 atom stereocenters. The number of sulfonamides is 1. The van der Waals surface area contributed by atoms with E-state index in [1.54, 1.807) is 37.3 Å². The van der Waals surface area contributed by atoms with Crippen molar-refractivity contribution >= 4 is 26.8 Å². The average Bonchev–Trinajstić information content (AvgIpc) is 2.86. The number of hydrogen-bond acceptors (Lipinski definition) is 5. The van der Waals surface area contributed by atoms with Gasteiger partial charge in [-0.25, -0.2) is 13.4 Å². The highest BCUT2D eigenvalue weighted by atomic mass is 32.2. The maximum Gasteiger partial charge on any atom is 0.263 e. The number of hydrogen-bond donors (Lipinski definition) is 1. The van der Waals surface area contributed by atoms with Crippen LogP contribution in [0.15, 0.2) is 51.8 Å². The number of rotatable bonds is 3. The van der Waals surface area contributed by atoms with Crippen LogP contribution in [0.2, 0.25) is 0 Å². The molecule has 110 valence electrons. The molecule has 0 saturated heterocycles. The van der Waals surface area contributed by atoms with E-state index >= 15 is 0 Å². The predicted octanol–water partition coefficient (Wildman–Crippen LogP) is 2.81. The normalized spacial score (nSPS) is 11.3. The molecule has 0 aliphatic heterocycles. The molecule has 0 spiro atoms. The number of nitrogens with one attached hydrogen (secondary N) is 1. The Kier molecular flexibility index (Phi) is 3.31. The van der Waals surface area contributed by atoms with Crippen LogP contribution in [0.25, 0.3) is 11.1 Å². The summed E-state index contributed by atoms with van der Waals surface area (Å²) in [6.45, 7) is 1.72. The van der Waals surface area contributed by atoms with Crippen molar-refractivity contribution in [2.24, 2.45) is 0 Å². The summed E-state index contributed by atoms with van der Waals surface area (Å²) in [6, 6.07) is 12.7. The van der Waals surface area contributed by atoms with Crippen molar-refractivity contribution in [1.29, 1.82) is 5.26 Å². The van der Waals surface area contributed by atoms with Crippen LogP contribution >= 0.6 is 0 Å². The third-order valence-electron chi connectivity index (χ3n) is 3.04. The van der Waals surface area contributed by atoms with Gasteiger partial charge in [0.2, 0.25) is 0 Å². The van der Waals surface area contributed by atoms with Crippen LogP contribution in [0, 0.1) is 18.3 Å². The highest BCUT2D eigenvalue weighted by molar-refractivity contribution is 7.92. The fourth-order valence-corrected chi connectivity index (χ4v) is 3.32. The number of aryl methyl sites for hydroxylation is 1. The van der Waals surface area contributed by atoms with Crippen LogP contribution in [0.3, 0.4) is 0 Å².